The van der Waals surface area contributed by atoms with E-state index in [-0.39, 0.29) is 23.6 Å². The number of carbonyl (C=O) groups is 2. The molecule has 0 saturated carbocycles. The van der Waals surface area contributed by atoms with Crippen molar-refractivity contribution in [3.63, 3.8) is 0 Å². The largest absolute Gasteiger partial charge is 0.493 e. The lowest BCUT2D eigenvalue weighted by Gasteiger charge is -2.24. The van der Waals surface area contributed by atoms with E-state index in [0.717, 1.165) is 16.5 Å². The number of benzene rings is 3. The van der Waals surface area contributed by atoms with Crippen LogP contribution in [0, 0.1) is 0 Å². The predicted molar refractivity (Wildman–Crippen MR) is 202 cm³/mol. The van der Waals surface area contributed by atoms with Crippen LogP contribution in [-0.2, 0) is 42.5 Å². The lowest BCUT2D eigenvalue weighted by atomic mass is 9.97. The molecular weight excluding hydrogens is 701 g/mol. The molecule has 5 rings (SSSR count). The molecule has 0 radical (unpaired) electrons. The Balaban J connectivity index is 1.57. The number of unbranched alkanes of at least 4 members (excludes halogenated alkanes) is 1. The zero-order valence-corrected chi connectivity index (χ0v) is 31.8. The highest BCUT2D eigenvalue weighted by molar-refractivity contribution is 6.05. The van der Waals surface area contributed by atoms with Gasteiger partial charge in [0.2, 0.25) is 0 Å². The highest BCUT2D eigenvalue weighted by Gasteiger charge is 2.34. The first-order chi connectivity index (χ1) is 25.6. The van der Waals surface area contributed by atoms with E-state index in [9.17, 15) is 27.9 Å². The highest BCUT2D eigenvalue weighted by atomic mass is 19.4. The summed E-state index contributed by atoms with van der Waals surface area (Å²) in [4.78, 5) is 28.0. The van der Waals surface area contributed by atoms with Gasteiger partial charge in [-0.05, 0) is 70.4 Å². The van der Waals surface area contributed by atoms with Crippen LogP contribution in [0.1, 0.15) is 74.4 Å². The minimum absolute atomic E-state index is 0.116. The second kappa shape index (κ2) is 17.0. The molecule has 0 fully saturated rings. The molecule has 0 atom stereocenters. The molecule has 0 bridgehead atoms. The third kappa shape index (κ3) is 9.36. The second-order valence-electron chi connectivity index (χ2n) is 14.3. The molecule has 1 N–H and O–H groups in total. The maximum Gasteiger partial charge on any atom is 0.410 e. The Bertz CT molecular complexity index is 2090. The Kier molecular flexibility index (Phi) is 12.6. The van der Waals surface area contributed by atoms with Gasteiger partial charge >= 0.3 is 18.2 Å². The first-order valence-electron chi connectivity index (χ1n) is 18.2. The van der Waals surface area contributed by atoms with Crippen LogP contribution in [0.3, 0.4) is 0 Å². The molecule has 0 aliphatic rings. The van der Waals surface area contributed by atoms with Gasteiger partial charge in [0.1, 0.15) is 17.0 Å². The highest BCUT2D eigenvalue weighted by Crippen LogP contribution is 2.40. The van der Waals surface area contributed by atoms with Gasteiger partial charge in [0, 0.05) is 49.1 Å². The summed E-state index contributed by atoms with van der Waals surface area (Å²) in [5.41, 5.74) is 1.46. The average Bonchev–Trinajstić information content (AvgIpc) is 3.59. The average molecular weight is 751 g/mol. The zero-order chi connectivity index (χ0) is 39.2. The standard InChI is InChI=1S/C41H49F3N4O6/c1-7-52-38(50)37-30(20-14-24-53-34-21-12-16-27-15-8-9-17-28(27)34)29-18-13-19-31(35-32(25-41(42,43)44)45-47(6)33(35)26-49)36(29)48(37)23-11-10-22-46(5)39(51)54-40(2,3)4/h8-9,12-13,15-19,21,49H,7,10-11,14,20,22-26H2,1-6H3. The summed E-state index contributed by atoms with van der Waals surface area (Å²) >= 11 is 0. The van der Waals surface area contributed by atoms with Crippen molar-refractivity contribution < 1.29 is 42.1 Å². The van der Waals surface area contributed by atoms with E-state index in [2.05, 4.69) is 5.10 Å². The number of aliphatic hydroxyl groups is 1. The molecule has 0 saturated heterocycles. The van der Waals surface area contributed by atoms with Gasteiger partial charge in [0.15, 0.2) is 0 Å². The van der Waals surface area contributed by atoms with Gasteiger partial charge in [0.05, 0.1) is 43.1 Å². The maximum atomic E-state index is 13.9. The van der Waals surface area contributed by atoms with Crippen molar-refractivity contribution in [2.24, 2.45) is 7.05 Å². The van der Waals surface area contributed by atoms with Crippen molar-refractivity contribution in [2.45, 2.75) is 84.7 Å². The molecule has 0 spiro atoms. The molecule has 1 amide bonds. The van der Waals surface area contributed by atoms with E-state index in [1.165, 1.54) is 16.6 Å². The lowest BCUT2D eigenvalue weighted by Crippen LogP contribution is -2.34. The first-order valence-corrected chi connectivity index (χ1v) is 18.2. The molecule has 0 unspecified atom stereocenters. The summed E-state index contributed by atoms with van der Waals surface area (Å²) in [5.74, 6) is 0.185. The molecule has 0 aliphatic carbocycles. The Hall–Kier alpha value is -5.04. The number of amides is 1. The Morgan fingerprint density at radius 1 is 0.944 bits per heavy atom. The molecule has 54 heavy (non-hydrogen) atoms. The summed E-state index contributed by atoms with van der Waals surface area (Å²) in [5, 5.41) is 17.3. The second-order valence-corrected chi connectivity index (χ2v) is 14.3. The molecule has 10 nitrogen and oxygen atoms in total. The Morgan fingerprint density at radius 3 is 2.35 bits per heavy atom. The SMILES string of the molecule is CCOC(=O)c1c(CCCOc2cccc3ccccc23)c2cccc(-c3c(CC(F)(F)F)nn(C)c3CO)c2n1CCCCN(C)C(=O)OC(C)(C)C. The number of esters is 1. The topological polar surface area (TPSA) is 108 Å². The van der Waals surface area contributed by atoms with Crippen LogP contribution >= 0.6 is 0 Å². The van der Waals surface area contributed by atoms with Crippen molar-refractivity contribution in [2.75, 3.05) is 26.8 Å². The van der Waals surface area contributed by atoms with E-state index in [4.69, 9.17) is 14.2 Å². The van der Waals surface area contributed by atoms with Crippen molar-refractivity contribution in [3.05, 3.63) is 83.3 Å². The Labute approximate surface area is 313 Å². The number of fused-ring (bicyclic) bond motifs is 2. The number of aromatic nitrogens is 3. The number of aliphatic hydroxyl groups excluding tert-OH is 1. The van der Waals surface area contributed by atoms with Gasteiger partial charge in [0.25, 0.3) is 0 Å². The van der Waals surface area contributed by atoms with Crippen molar-refractivity contribution in [1.82, 2.24) is 19.2 Å². The van der Waals surface area contributed by atoms with Crippen LogP contribution in [0.5, 0.6) is 5.75 Å². The molecular formula is C41H49F3N4O6. The number of rotatable bonds is 15. The van der Waals surface area contributed by atoms with E-state index < -0.39 is 36.9 Å². The third-order valence-corrected chi connectivity index (χ3v) is 9.09. The smallest absolute Gasteiger partial charge is 0.410 e. The lowest BCUT2D eigenvalue weighted by molar-refractivity contribution is -0.127. The minimum atomic E-state index is -4.56. The molecule has 2 aromatic heterocycles. The van der Waals surface area contributed by atoms with Gasteiger partial charge < -0.3 is 28.8 Å². The number of hydrogen-bond acceptors (Lipinski definition) is 7. The molecule has 5 aromatic rings. The third-order valence-electron chi connectivity index (χ3n) is 9.09. The number of hydrogen-bond donors (Lipinski definition) is 1. The fraction of sp³-hybridized carbons (Fsp3) is 0.439. The van der Waals surface area contributed by atoms with Gasteiger partial charge in [-0.2, -0.15) is 18.3 Å². The molecule has 13 heteroatoms. The van der Waals surface area contributed by atoms with Gasteiger partial charge in [-0.1, -0.05) is 54.6 Å². The van der Waals surface area contributed by atoms with E-state index in [0.29, 0.717) is 73.1 Å². The number of carbonyl (C=O) groups excluding carboxylic acids is 2. The quantitative estimate of drug-likeness (QED) is 0.0844. The fourth-order valence-corrected chi connectivity index (χ4v) is 6.82. The molecule has 3 aromatic carbocycles. The molecule has 290 valence electrons. The Morgan fingerprint density at radius 2 is 1.65 bits per heavy atom. The van der Waals surface area contributed by atoms with Crippen LogP contribution in [0.15, 0.2) is 60.7 Å². The monoisotopic (exact) mass is 750 g/mol. The van der Waals surface area contributed by atoms with Crippen LogP contribution in [-0.4, -0.2) is 75.0 Å². The summed E-state index contributed by atoms with van der Waals surface area (Å²) in [7, 11) is 3.15. The zero-order valence-electron chi connectivity index (χ0n) is 31.8. The number of ether oxygens (including phenoxy) is 3. The summed E-state index contributed by atoms with van der Waals surface area (Å²) in [6.45, 7) is 7.67. The molecule has 2 heterocycles. The van der Waals surface area contributed by atoms with Crippen molar-refractivity contribution >= 4 is 33.7 Å². The maximum absolute atomic E-state index is 13.9. The number of nitrogens with zero attached hydrogens (tertiary/aromatic N) is 4. The van der Waals surface area contributed by atoms with Crippen LogP contribution in [0.4, 0.5) is 18.0 Å². The van der Waals surface area contributed by atoms with Crippen LogP contribution in [0.2, 0.25) is 0 Å². The number of halogens is 3. The van der Waals surface area contributed by atoms with E-state index >= 15 is 0 Å². The van der Waals surface area contributed by atoms with Gasteiger partial charge in [-0.25, -0.2) is 9.59 Å². The van der Waals surface area contributed by atoms with Crippen molar-refractivity contribution in [1.29, 1.82) is 0 Å². The molecule has 0 aliphatic heterocycles. The first kappa shape index (κ1) is 40.2. The minimum Gasteiger partial charge on any atom is -0.493 e. The van der Waals surface area contributed by atoms with E-state index in [1.807, 2.05) is 53.1 Å². The van der Waals surface area contributed by atoms with Gasteiger partial charge in [-0.3, -0.25) is 4.68 Å². The van der Waals surface area contributed by atoms with Crippen LogP contribution < -0.4 is 4.74 Å². The fourth-order valence-electron chi connectivity index (χ4n) is 6.82. The number of aryl methyl sites for hydroxylation is 3. The van der Waals surface area contributed by atoms with Crippen molar-refractivity contribution in [3.8, 4) is 16.9 Å². The van der Waals surface area contributed by atoms with Gasteiger partial charge in [-0.15, -0.1) is 0 Å². The number of alkyl halides is 3. The van der Waals surface area contributed by atoms with E-state index in [1.54, 1.807) is 46.9 Å². The summed E-state index contributed by atoms with van der Waals surface area (Å²) < 4.78 is 62.1. The number of para-hydroxylation sites is 1. The summed E-state index contributed by atoms with van der Waals surface area (Å²) in [6.07, 6.45) is -4.33. The normalized spacial score (nSPS) is 12.0. The predicted octanol–water partition coefficient (Wildman–Crippen LogP) is 8.63. The summed E-state index contributed by atoms with van der Waals surface area (Å²) in [6, 6.07) is 19.1. The van der Waals surface area contributed by atoms with Crippen LogP contribution in [0.25, 0.3) is 32.8 Å².